The standard InChI is InChI=1S/C10H18N4O2/c1-11-10-12-5-3-9(14-10)13-8(4-6-15)7-16-2/h3,5,8,15H,4,6-7H2,1-2H3,(H2,11,12,13,14). The van der Waals surface area contributed by atoms with Gasteiger partial charge in [-0.25, -0.2) is 4.98 Å². The van der Waals surface area contributed by atoms with E-state index in [9.17, 15) is 0 Å². The summed E-state index contributed by atoms with van der Waals surface area (Å²) >= 11 is 0. The number of methoxy groups -OCH3 is 1. The molecular weight excluding hydrogens is 208 g/mol. The fraction of sp³-hybridized carbons (Fsp3) is 0.600. The van der Waals surface area contributed by atoms with E-state index in [0.717, 1.165) is 5.82 Å². The minimum absolute atomic E-state index is 0.0506. The first kappa shape index (κ1) is 12.7. The number of hydrogen-bond acceptors (Lipinski definition) is 6. The molecule has 3 N–H and O–H groups in total. The number of nitrogens with one attached hydrogen (secondary N) is 2. The molecule has 6 nitrogen and oxygen atoms in total. The van der Waals surface area contributed by atoms with Crippen molar-refractivity contribution in [1.29, 1.82) is 0 Å². The lowest BCUT2D eigenvalue weighted by molar-refractivity contribution is 0.170. The van der Waals surface area contributed by atoms with Crippen molar-refractivity contribution in [2.24, 2.45) is 0 Å². The lowest BCUT2D eigenvalue weighted by Crippen LogP contribution is -2.26. The first-order valence-corrected chi connectivity index (χ1v) is 5.17. The predicted molar refractivity (Wildman–Crippen MR) is 62.6 cm³/mol. The second-order valence-corrected chi connectivity index (χ2v) is 3.32. The van der Waals surface area contributed by atoms with Crippen molar-refractivity contribution in [3.05, 3.63) is 12.3 Å². The van der Waals surface area contributed by atoms with Crippen LogP contribution in [-0.4, -0.2) is 48.5 Å². The Kier molecular flexibility index (Phi) is 5.52. The summed E-state index contributed by atoms with van der Waals surface area (Å²) in [5.41, 5.74) is 0. The molecule has 0 radical (unpaired) electrons. The van der Waals surface area contributed by atoms with Crippen LogP contribution in [-0.2, 0) is 4.74 Å². The van der Waals surface area contributed by atoms with Crippen LogP contribution in [0, 0.1) is 0 Å². The number of aliphatic hydroxyl groups is 1. The summed E-state index contributed by atoms with van der Waals surface area (Å²) in [6.07, 6.45) is 2.29. The average Bonchev–Trinajstić information content (AvgIpc) is 2.30. The molecule has 1 atom stereocenters. The number of anilines is 2. The first-order chi connectivity index (χ1) is 7.80. The van der Waals surface area contributed by atoms with Gasteiger partial charge in [0.05, 0.1) is 12.6 Å². The molecule has 0 fully saturated rings. The number of hydrogen-bond donors (Lipinski definition) is 3. The highest BCUT2D eigenvalue weighted by Crippen LogP contribution is 2.08. The summed E-state index contributed by atoms with van der Waals surface area (Å²) in [4.78, 5) is 8.24. The molecule has 16 heavy (non-hydrogen) atoms. The minimum Gasteiger partial charge on any atom is -0.396 e. The van der Waals surface area contributed by atoms with Crippen molar-refractivity contribution in [3.8, 4) is 0 Å². The minimum atomic E-state index is 0.0506. The number of nitrogens with zero attached hydrogens (tertiary/aromatic N) is 2. The van der Waals surface area contributed by atoms with E-state index in [0.29, 0.717) is 19.0 Å². The Morgan fingerprint density at radius 1 is 1.56 bits per heavy atom. The summed E-state index contributed by atoms with van der Waals surface area (Å²) in [6.45, 7) is 0.643. The van der Waals surface area contributed by atoms with E-state index in [1.807, 2.05) is 0 Å². The van der Waals surface area contributed by atoms with Crippen molar-refractivity contribution in [2.45, 2.75) is 12.5 Å². The maximum atomic E-state index is 8.90. The number of aliphatic hydroxyl groups excluding tert-OH is 1. The van der Waals surface area contributed by atoms with Crippen LogP contribution in [0.3, 0.4) is 0 Å². The molecule has 1 rings (SSSR count). The molecule has 0 saturated carbocycles. The second kappa shape index (κ2) is 6.97. The van der Waals surface area contributed by atoms with Gasteiger partial charge in [0.25, 0.3) is 0 Å². The maximum absolute atomic E-state index is 8.90. The Bertz CT molecular complexity index is 303. The maximum Gasteiger partial charge on any atom is 0.224 e. The van der Waals surface area contributed by atoms with Crippen molar-refractivity contribution < 1.29 is 9.84 Å². The lowest BCUT2D eigenvalue weighted by atomic mass is 10.2. The van der Waals surface area contributed by atoms with Crippen LogP contribution in [0.1, 0.15) is 6.42 Å². The molecule has 1 aromatic heterocycles. The van der Waals surface area contributed by atoms with Gasteiger partial charge >= 0.3 is 0 Å². The SMILES string of the molecule is CNc1nccc(NC(CCO)COC)n1. The first-order valence-electron chi connectivity index (χ1n) is 5.17. The van der Waals surface area contributed by atoms with Gasteiger partial charge in [-0.1, -0.05) is 0 Å². The molecule has 0 spiro atoms. The number of rotatable bonds is 7. The third-order valence-electron chi connectivity index (χ3n) is 2.08. The van der Waals surface area contributed by atoms with E-state index in [2.05, 4.69) is 20.6 Å². The molecule has 90 valence electrons. The topological polar surface area (TPSA) is 79.3 Å². The van der Waals surface area contributed by atoms with Crippen LogP contribution in [0.2, 0.25) is 0 Å². The Balaban J connectivity index is 2.60. The van der Waals surface area contributed by atoms with Gasteiger partial charge in [-0.3, -0.25) is 0 Å². The molecule has 0 bridgehead atoms. The fourth-order valence-electron chi connectivity index (χ4n) is 1.32. The average molecular weight is 226 g/mol. The summed E-state index contributed by atoms with van der Waals surface area (Å²) in [6, 6.07) is 1.83. The van der Waals surface area contributed by atoms with Crippen molar-refractivity contribution in [2.75, 3.05) is 38.0 Å². The van der Waals surface area contributed by atoms with E-state index < -0.39 is 0 Å². The van der Waals surface area contributed by atoms with Crippen molar-refractivity contribution in [3.63, 3.8) is 0 Å². The fourth-order valence-corrected chi connectivity index (χ4v) is 1.32. The molecule has 1 aromatic rings. The zero-order valence-corrected chi connectivity index (χ0v) is 9.60. The molecule has 0 aliphatic rings. The molecule has 0 saturated heterocycles. The molecular formula is C10H18N4O2. The van der Waals surface area contributed by atoms with Crippen LogP contribution < -0.4 is 10.6 Å². The molecule has 0 amide bonds. The zero-order chi connectivity index (χ0) is 11.8. The van der Waals surface area contributed by atoms with E-state index in [1.54, 1.807) is 26.4 Å². The Labute approximate surface area is 95.1 Å². The third-order valence-corrected chi connectivity index (χ3v) is 2.08. The molecule has 1 heterocycles. The smallest absolute Gasteiger partial charge is 0.224 e. The van der Waals surface area contributed by atoms with Gasteiger partial charge in [-0.2, -0.15) is 4.98 Å². The summed E-state index contributed by atoms with van der Waals surface area (Å²) in [7, 11) is 3.39. The van der Waals surface area contributed by atoms with Gasteiger partial charge in [-0.05, 0) is 12.5 Å². The normalized spacial score (nSPS) is 12.2. The van der Waals surface area contributed by atoms with Gasteiger partial charge in [-0.15, -0.1) is 0 Å². The van der Waals surface area contributed by atoms with Gasteiger partial charge in [0.15, 0.2) is 0 Å². The molecule has 1 unspecified atom stereocenters. The van der Waals surface area contributed by atoms with Crippen LogP contribution in [0.5, 0.6) is 0 Å². The van der Waals surface area contributed by atoms with Crippen molar-refractivity contribution in [1.82, 2.24) is 9.97 Å². The van der Waals surface area contributed by atoms with Gasteiger partial charge in [0.2, 0.25) is 5.95 Å². The van der Waals surface area contributed by atoms with E-state index in [-0.39, 0.29) is 12.6 Å². The van der Waals surface area contributed by atoms with E-state index >= 15 is 0 Å². The largest absolute Gasteiger partial charge is 0.396 e. The quantitative estimate of drug-likeness (QED) is 0.621. The van der Waals surface area contributed by atoms with Gasteiger partial charge < -0.3 is 20.5 Å². The second-order valence-electron chi connectivity index (χ2n) is 3.32. The highest BCUT2D eigenvalue weighted by molar-refractivity contribution is 5.39. The van der Waals surface area contributed by atoms with E-state index in [1.165, 1.54) is 0 Å². The highest BCUT2D eigenvalue weighted by atomic mass is 16.5. The molecule has 6 heteroatoms. The van der Waals surface area contributed by atoms with Crippen LogP contribution >= 0.6 is 0 Å². The van der Waals surface area contributed by atoms with Crippen molar-refractivity contribution >= 4 is 11.8 Å². The summed E-state index contributed by atoms with van der Waals surface area (Å²) < 4.78 is 5.05. The highest BCUT2D eigenvalue weighted by Gasteiger charge is 2.08. The van der Waals surface area contributed by atoms with E-state index in [4.69, 9.17) is 9.84 Å². The Morgan fingerprint density at radius 3 is 3.00 bits per heavy atom. The van der Waals surface area contributed by atoms with Crippen LogP contribution in [0.4, 0.5) is 11.8 Å². The molecule has 0 aliphatic heterocycles. The Morgan fingerprint density at radius 2 is 2.38 bits per heavy atom. The third kappa shape index (κ3) is 4.00. The lowest BCUT2D eigenvalue weighted by Gasteiger charge is -2.17. The van der Waals surface area contributed by atoms with Crippen LogP contribution in [0.15, 0.2) is 12.3 Å². The predicted octanol–water partition coefficient (Wildman–Crippen LogP) is 0.328. The monoisotopic (exact) mass is 226 g/mol. The zero-order valence-electron chi connectivity index (χ0n) is 9.60. The summed E-state index contributed by atoms with van der Waals surface area (Å²) in [5, 5.41) is 14.9. The van der Waals surface area contributed by atoms with Crippen LogP contribution in [0.25, 0.3) is 0 Å². The van der Waals surface area contributed by atoms with Gasteiger partial charge in [0.1, 0.15) is 5.82 Å². The van der Waals surface area contributed by atoms with Gasteiger partial charge in [0, 0.05) is 27.0 Å². The molecule has 0 aliphatic carbocycles. The number of ether oxygens (including phenoxy) is 1. The Hall–Kier alpha value is -1.40. The summed E-state index contributed by atoms with van der Waals surface area (Å²) in [5.74, 6) is 1.28. The number of aromatic nitrogens is 2. The molecule has 0 aromatic carbocycles.